The molecule has 0 aliphatic carbocycles. The molecule has 0 saturated carbocycles. The lowest BCUT2D eigenvalue weighted by molar-refractivity contribution is -0.294. The smallest absolute Gasteiger partial charge is 0.186 e. The van der Waals surface area contributed by atoms with Gasteiger partial charge in [-0.1, -0.05) is 0 Å². The van der Waals surface area contributed by atoms with Crippen molar-refractivity contribution >= 4 is 0 Å². The molecule has 0 aromatic heterocycles. The topological polar surface area (TPSA) is 120 Å². The van der Waals surface area contributed by atoms with Gasteiger partial charge in [0.25, 0.3) is 0 Å². The number of hydrogen-bond acceptors (Lipinski definition) is 7. The van der Waals surface area contributed by atoms with Crippen LogP contribution >= 0.6 is 0 Å². The Morgan fingerprint density at radius 3 is 1.94 bits per heavy atom. The molecular weight excluding hydrogens is 220 g/mol. The summed E-state index contributed by atoms with van der Waals surface area (Å²) < 4.78 is 9.65. The molecule has 0 aromatic carbocycles. The lowest BCUT2D eigenvalue weighted by Gasteiger charge is -2.38. The number of aliphatic hydroxyl groups excluding tert-OH is 5. The van der Waals surface area contributed by atoms with Crippen LogP contribution in [0.2, 0.25) is 0 Å². The van der Waals surface area contributed by atoms with Gasteiger partial charge in [0.15, 0.2) is 6.29 Å². The van der Waals surface area contributed by atoms with Crippen LogP contribution in [0.5, 0.6) is 0 Å². The molecule has 1 rings (SSSR count). The predicted octanol–water partition coefficient (Wildman–Crippen LogP) is -2.57. The van der Waals surface area contributed by atoms with E-state index in [-0.39, 0.29) is 6.61 Å². The van der Waals surface area contributed by atoms with Crippen molar-refractivity contribution in [2.75, 3.05) is 20.3 Å². The number of hydrogen-bond donors (Lipinski definition) is 5. The van der Waals surface area contributed by atoms with E-state index < -0.39 is 37.3 Å². The van der Waals surface area contributed by atoms with Crippen molar-refractivity contribution in [3.05, 3.63) is 0 Å². The van der Waals surface area contributed by atoms with Crippen LogP contribution in [0.3, 0.4) is 0 Å². The second-order valence-electron chi connectivity index (χ2n) is 3.25. The lowest BCUT2D eigenvalue weighted by atomic mass is 9.99. The van der Waals surface area contributed by atoms with Gasteiger partial charge in [-0.05, 0) is 6.92 Å². The van der Waals surface area contributed by atoms with Gasteiger partial charge < -0.3 is 35.0 Å². The maximum absolute atomic E-state index is 9.28. The average Bonchev–Trinajstić information content (AvgIpc) is 2.28. The fraction of sp³-hybridized carbons (Fsp3) is 1.00. The largest absolute Gasteiger partial charge is 0.397 e. The number of rotatable bonds is 2. The fourth-order valence-corrected chi connectivity index (χ4v) is 1.26. The van der Waals surface area contributed by atoms with E-state index in [2.05, 4.69) is 0 Å². The third kappa shape index (κ3) is 3.95. The molecule has 98 valence electrons. The normalized spacial score (nSPS) is 38.8. The highest BCUT2D eigenvalue weighted by Gasteiger charge is 2.43. The number of ether oxygens (including phenoxy) is 2. The van der Waals surface area contributed by atoms with Crippen molar-refractivity contribution in [2.24, 2.45) is 0 Å². The van der Waals surface area contributed by atoms with Crippen LogP contribution in [0, 0.1) is 0 Å². The summed E-state index contributed by atoms with van der Waals surface area (Å²) in [5.74, 6) is 0. The van der Waals surface area contributed by atoms with E-state index in [9.17, 15) is 15.3 Å². The molecule has 1 heterocycles. The SMILES string of the molecule is CCO.COC1O[C@H](CO)[C@@H](O)[C@H](O)[C@H]1O. The minimum atomic E-state index is -1.36. The zero-order chi connectivity index (χ0) is 12.7. The summed E-state index contributed by atoms with van der Waals surface area (Å²) in [5, 5.41) is 44.1. The third-order valence-electron chi connectivity index (χ3n) is 2.08. The van der Waals surface area contributed by atoms with Crippen LogP contribution in [0.4, 0.5) is 0 Å². The summed E-state index contributed by atoms with van der Waals surface area (Å²) in [6.45, 7) is 1.49. The van der Waals surface area contributed by atoms with Gasteiger partial charge in [-0.25, -0.2) is 0 Å². The molecule has 0 radical (unpaired) electrons. The Balaban J connectivity index is 0.000000673. The van der Waals surface area contributed by atoms with E-state index >= 15 is 0 Å². The van der Waals surface area contributed by atoms with Crippen LogP contribution in [-0.2, 0) is 9.47 Å². The summed E-state index contributed by atoms with van der Waals surface area (Å²) in [5.41, 5.74) is 0. The molecule has 0 aromatic rings. The van der Waals surface area contributed by atoms with Crippen molar-refractivity contribution in [1.29, 1.82) is 0 Å². The van der Waals surface area contributed by atoms with Crippen LogP contribution in [-0.4, -0.2) is 76.6 Å². The highest BCUT2D eigenvalue weighted by Crippen LogP contribution is 2.20. The molecule has 5 N–H and O–H groups in total. The van der Waals surface area contributed by atoms with E-state index in [4.69, 9.17) is 19.7 Å². The summed E-state index contributed by atoms with van der Waals surface area (Å²) in [7, 11) is 1.30. The van der Waals surface area contributed by atoms with Crippen molar-refractivity contribution in [1.82, 2.24) is 0 Å². The van der Waals surface area contributed by atoms with Crippen molar-refractivity contribution in [3.63, 3.8) is 0 Å². The number of aliphatic hydroxyl groups is 5. The molecule has 7 heteroatoms. The van der Waals surface area contributed by atoms with Crippen molar-refractivity contribution < 1.29 is 35.0 Å². The molecule has 0 spiro atoms. The molecule has 1 unspecified atom stereocenters. The van der Waals surface area contributed by atoms with E-state index in [0.717, 1.165) is 0 Å². The first kappa shape index (κ1) is 15.7. The molecular formula is C9H20O7. The molecule has 0 bridgehead atoms. The lowest BCUT2D eigenvalue weighted by Crippen LogP contribution is -2.58. The Morgan fingerprint density at radius 2 is 1.56 bits per heavy atom. The monoisotopic (exact) mass is 240 g/mol. The van der Waals surface area contributed by atoms with E-state index in [1.165, 1.54) is 7.11 Å². The maximum Gasteiger partial charge on any atom is 0.186 e. The van der Waals surface area contributed by atoms with E-state index in [0.29, 0.717) is 0 Å². The van der Waals surface area contributed by atoms with Crippen LogP contribution in [0.25, 0.3) is 0 Å². The van der Waals surface area contributed by atoms with E-state index in [1.807, 2.05) is 0 Å². The van der Waals surface area contributed by atoms with Crippen LogP contribution < -0.4 is 0 Å². The van der Waals surface area contributed by atoms with Crippen molar-refractivity contribution in [3.8, 4) is 0 Å². The maximum atomic E-state index is 9.28. The van der Waals surface area contributed by atoms with Gasteiger partial charge in [0.2, 0.25) is 0 Å². The summed E-state index contributed by atoms with van der Waals surface area (Å²) in [6, 6.07) is 0. The van der Waals surface area contributed by atoms with Gasteiger partial charge in [0, 0.05) is 13.7 Å². The molecule has 1 aliphatic rings. The highest BCUT2D eigenvalue weighted by atomic mass is 16.7. The number of methoxy groups -OCH3 is 1. The second kappa shape index (κ2) is 7.91. The van der Waals surface area contributed by atoms with Crippen molar-refractivity contribution in [2.45, 2.75) is 37.6 Å². The second-order valence-corrected chi connectivity index (χ2v) is 3.25. The zero-order valence-electron chi connectivity index (χ0n) is 9.35. The summed E-state index contributed by atoms with van der Waals surface area (Å²) in [6.07, 6.45) is -5.91. The van der Waals surface area contributed by atoms with Gasteiger partial charge in [0.05, 0.1) is 6.61 Å². The zero-order valence-corrected chi connectivity index (χ0v) is 9.35. The first-order valence-electron chi connectivity index (χ1n) is 4.97. The molecule has 1 saturated heterocycles. The Kier molecular flexibility index (Phi) is 7.77. The molecule has 7 nitrogen and oxygen atoms in total. The Morgan fingerprint density at radius 1 is 1.06 bits per heavy atom. The Labute approximate surface area is 93.9 Å². The third-order valence-corrected chi connectivity index (χ3v) is 2.08. The van der Waals surface area contributed by atoms with Gasteiger partial charge in [-0.2, -0.15) is 0 Å². The van der Waals surface area contributed by atoms with E-state index in [1.54, 1.807) is 6.92 Å². The Bertz CT molecular complexity index is 157. The first-order chi connectivity index (χ1) is 7.53. The highest BCUT2D eigenvalue weighted by molar-refractivity contribution is 4.88. The standard InChI is InChI=1S/C7H14O6.C2H6O/c1-12-7-6(11)5(10)4(9)3(2-8)13-7;1-2-3/h3-11H,2H2,1H3;3H,2H2,1H3/t3-,4-,5+,6-,7?;/m1./s1. The van der Waals surface area contributed by atoms with Gasteiger partial charge in [-0.15, -0.1) is 0 Å². The molecule has 1 aliphatic heterocycles. The quantitative estimate of drug-likeness (QED) is 0.360. The molecule has 0 amide bonds. The Hall–Kier alpha value is -0.280. The predicted molar refractivity (Wildman–Crippen MR) is 53.5 cm³/mol. The summed E-state index contributed by atoms with van der Waals surface area (Å²) in [4.78, 5) is 0. The average molecular weight is 240 g/mol. The van der Waals surface area contributed by atoms with Gasteiger partial charge >= 0.3 is 0 Å². The molecule has 5 atom stereocenters. The molecule has 1 fully saturated rings. The van der Waals surface area contributed by atoms with Crippen LogP contribution in [0.1, 0.15) is 6.92 Å². The van der Waals surface area contributed by atoms with Crippen LogP contribution in [0.15, 0.2) is 0 Å². The minimum absolute atomic E-state index is 0.250. The minimum Gasteiger partial charge on any atom is -0.397 e. The molecule has 16 heavy (non-hydrogen) atoms. The first-order valence-corrected chi connectivity index (χ1v) is 4.97. The van der Waals surface area contributed by atoms with Gasteiger partial charge in [-0.3, -0.25) is 0 Å². The van der Waals surface area contributed by atoms with Gasteiger partial charge in [0.1, 0.15) is 24.4 Å². The summed E-state index contributed by atoms with van der Waals surface area (Å²) >= 11 is 0. The fourth-order valence-electron chi connectivity index (χ4n) is 1.26.